The van der Waals surface area contributed by atoms with E-state index in [2.05, 4.69) is 10.9 Å². The Bertz CT molecular complexity index is 949. The number of terminal acetylenes is 1. The number of benzene rings is 1. The van der Waals surface area contributed by atoms with Crippen molar-refractivity contribution in [1.82, 2.24) is 4.90 Å². The van der Waals surface area contributed by atoms with E-state index in [0.29, 0.717) is 23.9 Å². The zero-order valence-corrected chi connectivity index (χ0v) is 16.4. The lowest BCUT2D eigenvalue weighted by molar-refractivity contribution is -0.140. The third kappa shape index (κ3) is 4.32. The Kier molecular flexibility index (Phi) is 6.45. The van der Waals surface area contributed by atoms with Gasteiger partial charge in [-0.05, 0) is 30.4 Å². The van der Waals surface area contributed by atoms with Gasteiger partial charge in [0.05, 0.1) is 13.1 Å². The first kappa shape index (κ1) is 21.4. The summed E-state index contributed by atoms with van der Waals surface area (Å²) in [5.74, 6) is 1.04. The van der Waals surface area contributed by atoms with Crippen molar-refractivity contribution in [3.63, 3.8) is 0 Å². The maximum Gasteiger partial charge on any atom is 0.522 e. The Morgan fingerprint density at radius 1 is 1.50 bits per heavy atom. The van der Waals surface area contributed by atoms with Crippen LogP contribution in [0.15, 0.2) is 28.8 Å². The summed E-state index contributed by atoms with van der Waals surface area (Å²) in [7, 11) is 0.497. The molecule has 0 radical (unpaired) electrons. The number of amides is 1. The number of carbonyl (C=O) groups is 2. The van der Waals surface area contributed by atoms with E-state index < -0.39 is 25.2 Å². The van der Waals surface area contributed by atoms with E-state index in [-0.39, 0.29) is 36.1 Å². The van der Waals surface area contributed by atoms with Gasteiger partial charge in [0.15, 0.2) is 0 Å². The van der Waals surface area contributed by atoms with Gasteiger partial charge in [-0.3, -0.25) is 9.79 Å². The number of ether oxygens (including phenoxy) is 1. The van der Waals surface area contributed by atoms with Gasteiger partial charge in [0.1, 0.15) is 29.2 Å². The number of hydrogen-bond donors (Lipinski definition) is 3. The summed E-state index contributed by atoms with van der Waals surface area (Å²) in [5.41, 5.74) is 6.98. The van der Waals surface area contributed by atoms with Crippen molar-refractivity contribution in [2.24, 2.45) is 10.7 Å². The van der Waals surface area contributed by atoms with Crippen molar-refractivity contribution >= 4 is 25.2 Å². The van der Waals surface area contributed by atoms with Crippen molar-refractivity contribution in [2.45, 2.75) is 24.9 Å². The lowest BCUT2D eigenvalue weighted by atomic mass is 9.78. The second-order valence-electron chi connectivity index (χ2n) is 7.00. The molecular formula is C20H22BN3O6. The Hall–Kier alpha value is -3.29. The predicted molar refractivity (Wildman–Crippen MR) is 111 cm³/mol. The van der Waals surface area contributed by atoms with Crippen LogP contribution in [0.3, 0.4) is 0 Å². The molecule has 0 saturated carbocycles. The van der Waals surface area contributed by atoms with Crippen LogP contribution in [0, 0.1) is 12.3 Å². The van der Waals surface area contributed by atoms with E-state index in [1.54, 1.807) is 19.2 Å². The van der Waals surface area contributed by atoms with Gasteiger partial charge in [-0.1, -0.05) is 12.0 Å². The van der Waals surface area contributed by atoms with Crippen molar-refractivity contribution in [3.05, 3.63) is 34.9 Å². The fraction of sp³-hybridized carbons (Fsp3) is 0.350. The molecule has 156 valence electrons. The Balaban J connectivity index is 1.69. The first-order valence-corrected chi connectivity index (χ1v) is 9.39. The van der Waals surface area contributed by atoms with E-state index in [1.807, 2.05) is 0 Å². The Morgan fingerprint density at radius 3 is 2.87 bits per heavy atom. The van der Waals surface area contributed by atoms with Crippen LogP contribution in [0.2, 0.25) is 6.32 Å². The molecule has 9 nitrogen and oxygen atoms in total. The van der Waals surface area contributed by atoms with E-state index in [9.17, 15) is 19.7 Å². The monoisotopic (exact) mass is 411 g/mol. The quantitative estimate of drug-likeness (QED) is 0.340. The van der Waals surface area contributed by atoms with Crippen LogP contribution in [0.25, 0.3) is 0 Å². The lowest BCUT2D eigenvalue weighted by Gasteiger charge is -2.40. The molecule has 10 heteroatoms. The first-order valence-electron chi connectivity index (χ1n) is 9.39. The van der Waals surface area contributed by atoms with Gasteiger partial charge in [-0.15, -0.1) is 6.42 Å². The molecule has 1 unspecified atom stereocenters. The van der Waals surface area contributed by atoms with Gasteiger partial charge in [-0.2, -0.15) is 0 Å². The normalized spacial score (nSPS) is 17.6. The number of nitrogens with two attached hydrogens (primary N) is 1. The molecule has 1 atom stereocenters. The molecule has 2 aliphatic rings. The van der Waals surface area contributed by atoms with Crippen LogP contribution in [0.1, 0.15) is 15.9 Å². The molecule has 3 rings (SSSR count). The summed E-state index contributed by atoms with van der Waals surface area (Å²) >= 11 is 0. The number of carbonyl (C=O) groups excluding carboxylic acids is 1. The molecule has 1 aromatic rings. The maximum absolute atomic E-state index is 12.5. The second kappa shape index (κ2) is 9.03. The summed E-state index contributed by atoms with van der Waals surface area (Å²) in [4.78, 5) is 29.7. The number of fused-ring (bicyclic) bond motifs is 1. The zero-order chi connectivity index (χ0) is 21.8. The standard InChI is InChI=1S/C20H22BN3O6/c1-3-4-13(9-23-2)17(22)19(25)24-10-14(11-24)29-15-6-5-12-7-8-21(28)30-18(12)16(15)20(26)27/h1,4-6,9,14,17,28H,7-8,10-11,22H2,2H3,(H,26,27)/b13-4+,23-9-. The SMILES string of the molecule is C#C/C=C(\C=N/C)C(N)C(=O)N1CC(Oc2ccc3c(c2C(=O)O)OB(O)CC3)C1. The number of aryl methyl sites for hydroxylation is 1. The number of rotatable bonds is 6. The molecule has 0 spiro atoms. The van der Waals surface area contributed by atoms with Gasteiger partial charge < -0.3 is 30.2 Å². The molecule has 1 aromatic carbocycles. The topological polar surface area (TPSA) is 135 Å². The van der Waals surface area contributed by atoms with Crippen molar-refractivity contribution in [1.29, 1.82) is 0 Å². The van der Waals surface area contributed by atoms with Crippen LogP contribution >= 0.6 is 0 Å². The van der Waals surface area contributed by atoms with Crippen LogP contribution in [-0.2, 0) is 11.2 Å². The highest BCUT2D eigenvalue weighted by molar-refractivity contribution is 6.44. The van der Waals surface area contributed by atoms with E-state index in [1.165, 1.54) is 17.2 Å². The van der Waals surface area contributed by atoms with E-state index >= 15 is 0 Å². The van der Waals surface area contributed by atoms with Crippen LogP contribution in [0.4, 0.5) is 0 Å². The first-order chi connectivity index (χ1) is 14.3. The minimum absolute atomic E-state index is 0.121. The number of carboxylic acid groups (broad SMARTS) is 1. The third-order valence-electron chi connectivity index (χ3n) is 4.94. The summed E-state index contributed by atoms with van der Waals surface area (Å²) in [5, 5.41) is 19.4. The molecule has 0 aliphatic carbocycles. The minimum atomic E-state index is -1.21. The summed E-state index contributed by atoms with van der Waals surface area (Å²) in [6.07, 6.45) is 8.60. The summed E-state index contributed by atoms with van der Waals surface area (Å²) in [6.45, 7) is 0.498. The highest BCUT2D eigenvalue weighted by Gasteiger charge is 2.37. The maximum atomic E-state index is 12.5. The van der Waals surface area contributed by atoms with E-state index in [0.717, 1.165) is 0 Å². The number of hydrogen-bond acceptors (Lipinski definition) is 7. The fourth-order valence-electron chi connectivity index (χ4n) is 3.38. The van der Waals surface area contributed by atoms with Crippen LogP contribution < -0.4 is 15.1 Å². The number of allylic oxidation sites excluding steroid dienone is 1. The van der Waals surface area contributed by atoms with E-state index in [4.69, 9.17) is 21.5 Å². The molecule has 1 fully saturated rings. The van der Waals surface area contributed by atoms with Crippen molar-refractivity contribution < 1.29 is 29.1 Å². The molecular weight excluding hydrogens is 389 g/mol. The molecule has 1 amide bonds. The van der Waals surface area contributed by atoms with Gasteiger partial charge in [-0.25, -0.2) is 4.79 Å². The minimum Gasteiger partial charge on any atom is -0.535 e. The van der Waals surface area contributed by atoms with Gasteiger partial charge in [0, 0.05) is 18.8 Å². The van der Waals surface area contributed by atoms with Crippen LogP contribution in [0.5, 0.6) is 11.5 Å². The van der Waals surface area contributed by atoms with Gasteiger partial charge >= 0.3 is 13.1 Å². The molecule has 0 aromatic heterocycles. The Labute approximate surface area is 174 Å². The predicted octanol–water partition coefficient (Wildman–Crippen LogP) is -0.0227. The van der Waals surface area contributed by atoms with Crippen molar-refractivity contribution in [3.8, 4) is 23.8 Å². The zero-order valence-electron chi connectivity index (χ0n) is 16.4. The average Bonchev–Trinajstić information content (AvgIpc) is 2.68. The third-order valence-corrected chi connectivity index (χ3v) is 4.94. The van der Waals surface area contributed by atoms with Gasteiger partial charge in [0.2, 0.25) is 5.91 Å². The summed E-state index contributed by atoms with van der Waals surface area (Å²) in [6, 6.07) is 2.35. The number of nitrogens with zero attached hydrogens (tertiary/aromatic N) is 2. The molecule has 4 N–H and O–H groups in total. The summed E-state index contributed by atoms with van der Waals surface area (Å²) < 4.78 is 11.1. The molecule has 0 bridgehead atoms. The average molecular weight is 411 g/mol. The largest absolute Gasteiger partial charge is 0.535 e. The van der Waals surface area contributed by atoms with Gasteiger partial charge in [0.25, 0.3) is 0 Å². The number of carboxylic acids is 1. The Morgan fingerprint density at radius 2 is 2.23 bits per heavy atom. The highest BCUT2D eigenvalue weighted by Crippen LogP contribution is 2.37. The number of aliphatic imine (C=N–C) groups is 1. The highest BCUT2D eigenvalue weighted by atomic mass is 16.5. The number of likely N-dealkylation sites (tertiary alicyclic amines) is 1. The molecule has 30 heavy (non-hydrogen) atoms. The fourth-order valence-corrected chi connectivity index (χ4v) is 3.38. The van der Waals surface area contributed by atoms with Crippen molar-refractivity contribution in [2.75, 3.05) is 20.1 Å². The lowest BCUT2D eigenvalue weighted by Crippen LogP contribution is -2.60. The molecule has 1 saturated heterocycles. The smallest absolute Gasteiger partial charge is 0.522 e. The molecule has 2 heterocycles. The molecule has 2 aliphatic heterocycles. The number of aromatic carboxylic acids is 1. The van der Waals surface area contributed by atoms with Crippen LogP contribution in [-0.4, -0.2) is 72.5 Å². The second-order valence-corrected chi connectivity index (χ2v) is 7.00.